The van der Waals surface area contributed by atoms with Crippen LogP contribution >= 0.6 is 0 Å². The maximum atomic E-state index is 5.53. The second kappa shape index (κ2) is 9.36. The lowest BCUT2D eigenvalue weighted by Gasteiger charge is -2.17. The van der Waals surface area contributed by atoms with Crippen molar-refractivity contribution in [2.45, 2.75) is 32.1 Å². The average Bonchev–Trinajstić information content (AvgIpc) is 2.56. The smallest absolute Gasteiger partial charge is 0.118 e. The molecule has 0 aliphatic heterocycles. The molecule has 0 aromatic heterocycles. The summed E-state index contributed by atoms with van der Waals surface area (Å²) in [5.74, 6) is 0.883. The van der Waals surface area contributed by atoms with Crippen LogP contribution in [0.2, 0.25) is 0 Å². The van der Waals surface area contributed by atoms with Crippen LogP contribution in [0.5, 0.6) is 5.75 Å². The third-order valence-corrected chi connectivity index (χ3v) is 3.95. The van der Waals surface area contributed by atoms with E-state index in [-0.39, 0.29) is 0 Å². The Morgan fingerprint density at radius 2 is 1.87 bits per heavy atom. The Morgan fingerprint density at radius 3 is 2.57 bits per heavy atom. The molecule has 0 N–H and O–H groups in total. The lowest BCUT2D eigenvalue weighted by molar-refractivity contribution is 0.134. The molecule has 0 amide bonds. The normalized spacial score (nSPS) is 18.6. The van der Waals surface area contributed by atoms with E-state index < -0.39 is 0 Å². The summed E-state index contributed by atoms with van der Waals surface area (Å²) in [4.78, 5) is 7.69. The van der Waals surface area contributed by atoms with Crippen LogP contribution < -0.4 is 4.74 Å². The van der Waals surface area contributed by atoms with E-state index in [1.165, 1.54) is 24.0 Å². The van der Waals surface area contributed by atoms with Crippen molar-refractivity contribution in [2.24, 2.45) is 5.16 Å². The van der Waals surface area contributed by atoms with Gasteiger partial charge in [0.05, 0.1) is 12.8 Å². The van der Waals surface area contributed by atoms with Crippen molar-refractivity contribution in [1.29, 1.82) is 0 Å². The van der Waals surface area contributed by atoms with Gasteiger partial charge in [-0.3, -0.25) is 0 Å². The number of nitrogens with zero attached hydrogens (tertiary/aromatic N) is 2. The summed E-state index contributed by atoms with van der Waals surface area (Å²) in [7, 11) is 5.83. The first-order valence-electron chi connectivity index (χ1n) is 8.37. The highest BCUT2D eigenvalue weighted by molar-refractivity contribution is 6.04. The van der Waals surface area contributed by atoms with E-state index in [4.69, 9.17) is 9.57 Å². The van der Waals surface area contributed by atoms with Crippen LogP contribution in [0.1, 0.15) is 37.7 Å². The summed E-state index contributed by atoms with van der Waals surface area (Å²) >= 11 is 0. The lowest BCUT2D eigenvalue weighted by Crippen LogP contribution is -2.15. The highest BCUT2D eigenvalue weighted by Gasteiger charge is 2.14. The molecular formula is C19H28N2O2. The third-order valence-electron chi connectivity index (χ3n) is 3.95. The molecule has 0 bridgehead atoms. The number of methoxy groups -OCH3 is 1. The molecule has 4 heteroatoms. The molecule has 0 saturated heterocycles. The summed E-state index contributed by atoms with van der Waals surface area (Å²) < 4.78 is 5.21. The van der Waals surface area contributed by atoms with Gasteiger partial charge >= 0.3 is 0 Å². The second-order valence-corrected chi connectivity index (χ2v) is 6.18. The van der Waals surface area contributed by atoms with E-state index in [9.17, 15) is 0 Å². The Labute approximate surface area is 139 Å². The predicted molar refractivity (Wildman–Crippen MR) is 96.0 cm³/mol. The van der Waals surface area contributed by atoms with Gasteiger partial charge in [-0.25, -0.2) is 0 Å². The molecule has 0 radical (unpaired) electrons. The van der Waals surface area contributed by atoms with E-state index in [2.05, 4.69) is 42.4 Å². The van der Waals surface area contributed by atoms with E-state index in [0.717, 1.165) is 37.3 Å². The molecule has 1 saturated carbocycles. The van der Waals surface area contributed by atoms with Gasteiger partial charge in [-0.15, -0.1) is 0 Å². The summed E-state index contributed by atoms with van der Waals surface area (Å²) in [6.07, 6.45) is 7.73. The monoisotopic (exact) mass is 316 g/mol. The summed E-state index contributed by atoms with van der Waals surface area (Å²) in [5, 5.41) is 4.40. The number of oxime groups is 1. The average molecular weight is 316 g/mol. The van der Waals surface area contributed by atoms with Gasteiger partial charge in [0.15, 0.2) is 0 Å². The maximum Gasteiger partial charge on any atom is 0.118 e. The van der Waals surface area contributed by atoms with Gasteiger partial charge < -0.3 is 14.5 Å². The minimum absolute atomic E-state index is 0.678. The zero-order valence-corrected chi connectivity index (χ0v) is 14.5. The molecule has 1 aromatic carbocycles. The maximum absolute atomic E-state index is 5.53. The Bertz CT molecular complexity index is 533. The fourth-order valence-corrected chi connectivity index (χ4v) is 2.64. The predicted octanol–water partition coefficient (Wildman–Crippen LogP) is 3.98. The van der Waals surface area contributed by atoms with Crippen molar-refractivity contribution in [3.8, 4) is 5.75 Å². The topological polar surface area (TPSA) is 34.1 Å². The van der Waals surface area contributed by atoms with Gasteiger partial charge in [-0.2, -0.15) is 0 Å². The van der Waals surface area contributed by atoms with Gasteiger partial charge in [-0.05, 0) is 75.5 Å². The number of hydrogen-bond acceptors (Lipinski definition) is 4. The molecule has 4 nitrogen and oxygen atoms in total. The number of benzene rings is 1. The first-order valence-corrected chi connectivity index (χ1v) is 8.37. The van der Waals surface area contributed by atoms with Crippen molar-refractivity contribution in [1.82, 2.24) is 4.90 Å². The summed E-state index contributed by atoms with van der Waals surface area (Å²) in [5.41, 5.74) is 3.59. The fraction of sp³-hybridized carbons (Fsp3) is 0.526. The molecule has 1 aliphatic rings. The van der Waals surface area contributed by atoms with Crippen molar-refractivity contribution in [3.05, 3.63) is 35.4 Å². The van der Waals surface area contributed by atoms with Gasteiger partial charge in [-0.1, -0.05) is 17.3 Å². The summed E-state index contributed by atoms with van der Waals surface area (Å²) in [6.45, 7) is 1.71. The zero-order chi connectivity index (χ0) is 16.5. The number of allylic oxidation sites excluding steroid dienone is 1. The zero-order valence-electron chi connectivity index (χ0n) is 14.5. The van der Waals surface area contributed by atoms with Crippen LogP contribution in [0.25, 0.3) is 6.08 Å². The largest absolute Gasteiger partial charge is 0.497 e. The molecule has 0 spiro atoms. The van der Waals surface area contributed by atoms with Crippen LogP contribution in [-0.2, 0) is 4.84 Å². The molecule has 2 rings (SSSR count). The van der Waals surface area contributed by atoms with Crippen LogP contribution in [0.15, 0.2) is 35.0 Å². The van der Waals surface area contributed by atoms with Gasteiger partial charge in [0.25, 0.3) is 0 Å². The first-order chi connectivity index (χ1) is 11.2. The van der Waals surface area contributed by atoms with E-state index in [1.807, 2.05) is 12.1 Å². The molecule has 1 fully saturated rings. The number of rotatable bonds is 7. The Morgan fingerprint density at radius 1 is 1.13 bits per heavy atom. The quantitative estimate of drug-likeness (QED) is 0.564. The lowest BCUT2D eigenvalue weighted by atomic mass is 9.91. The SMILES string of the molecule is COc1ccc(C=C2CCCCC2=NOCCCN(C)C)cc1. The highest BCUT2D eigenvalue weighted by atomic mass is 16.6. The molecule has 23 heavy (non-hydrogen) atoms. The molecule has 0 heterocycles. The van der Waals surface area contributed by atoms with Crippen molar-refractivity contribution < 1.29 is 9.57 Å². The van der Waals surface area contributed by atoms with Crippen molar-refractivity contribution in [2.75, 3.05) is 34.4 Å². The minimum atomic E-state index is 0.678. The molecule has 0 atom stereocenters. The minimum Gasteiger partial charge on any atom is -0.497 e. The first kappa shape index (κ1) is 17.5. The molecule has 0 unspecified atom stereocenters. The van der Waals surface area contributed by atoms with E-state index >= 15 is 0 Å². The standard InChI is InChI=1S/C19H28N2O2/c1-21(2)13-6-14-23-20-19-8-5-4-7-17(19)15-16-9-11-18(22-3)12-10-16/h9-12,15H,4-8,13-14H2,1-3H3. The van der Waals surface area contributed by atoms with Crippen molar-refractivity contribution in [3.63, 3.8) is 0 Å². The molecule has 1 aliphatic carbocycles. The van der Waals surface area contributed by atoms with Gasteiger partial charge in [0.1, 0.15) is 12.4 Å². The van der Waals surface area contributed by atoms with Crippen molar-refractivity contribution >= 4 is 11.8 Å². The van der Waals surface area contributed by atoms with Gasteiger partial charge in [0, 0.05) is 6.54 Å². The Balaban J connectivity index is 1.97. The van der Waals surface area contributed by atoms with Crippen LogP contribution in [0.3, 0.4) is 0 Å². The second-order valence-electron chi connectivity index (χ2n) is 6.18. The fourth-order valence-electron chi connectivity index (χ4n) is 2.64. The number of hydrogen-bond donors (Lipinski definition) is 0. The van der Waals surface area contributed by atoms with E-state index in [0.29, 0.717) is 6.61 Å². The van der Waals surface area contributed by atoms with Gasteiger partial charge in [0.2, 0.25) is 0 Å². The van der Waals surface area contributed by atoms with Crippen LogP contribution in [0, 0.1) is 0 Å². The Hall–Kier alpha value is -1.81. The Kier molecular flexibility index (Phi) is 7.14. The molecule has 1 aromatic rings. The molecular weight excluding hydrogens is 288 g/mol. The third kappa shape index (κ3) is 6.06. The molecule has 126 valence electrons. The summed E-state index contributed by atoms with van der Waals surface area (Å²) in [6, 6.07) is 8.14. The van der Waals surface area contributed by atoms with E-state index in [1.54, 1.807) is 7.11 Å². The number of ether oxygens (including phenoxy) is 1. The highest BCUT2D eigenvalue weighted by Crippen LogP contribution is 2.24. The van der Waals surface area contributed by atoms with Crippen LogP contribution in [-0.4, -0.2) is 45.0 Å². The van der Waals surface area contributed by atoms with Crippen LogP contribution in [0.4, 0.5) is 0 Å².